The van der Waals surface area contributed by atoms with Gasteiger partial charge in [0.05, 0.1) is 18.0 Å². The molecule has 0 aromatic heterocycles. The quantitative estimate of drug-likeness (QED) is 0.701. The van der Waals surface area contributed by atoms with Crippen molar-refractivity contribution in [1.82, 2.24) is 4.90 Å². The summed E-state index contributed by atoms with van der Waals surface area (Å²) in [5.74, 6) is 1.76. The topological polar surface area (TPSA) is 66.6 Å². The number of rotatable bonds is 2. The maximum Gasteiger partial charge on any atom is 0.240 e. The van der Waals surface area contributed by atoms with E-state index in [1.165, 1.54) is 0 Å². The van der Waals surface area contributed by atoms with Crippen molar-refractivity contribution in [2.45, 2.75) is 31.4 Å². The molecule has 3 N–H and O–H groups in total. The highest BCUT2D eigenvalue weighted by molar-refractivity contribution is 7.99. The number of carbonyl (C=O) groups excluding carboxylic acids is 1. The normalized spacial score (nSPS) is 33.3. The van der Waals surface area contributed by atoms with E-state index in [0.29, 0.717) is 0 Å². The monoisotopic (exact) mass is 230 g/mol. The molecule has 0 aromatic carbocycles. The standard InChI is InChI=1S/C10H18N2O2S/c11-9(7-2-1-3-8(7)13)10(14)12-4-5-15-6-12/h7-9,13H,1-6,11H2/t7-,8-,9+/m1/s1. The first-order valence-electron chi connectivity index (χ1n) is 5.50. The zero-order valence-electron chi connectivity index (χ0n) is 8.76. The Morgan fingerprint density at radius 1 is 1.53 bits per heavy atom. The third-order valence-corrected chi connectivity index (χ3v) is 4.31. The molecule has 3 atom stereocenters. The van der Waals surface area contributed by atoms with Crippen LogP contribution < -0.4 is 5.73 Å². The molecule has 5 heteroatoms. The fraction of sp³-hybridized carbons (Fsp3) is 0.900. The van der Waals surface area contributed by atoms with Crippen LogP contribution in [0.25, 0.3) is 0 Å². The molecule has 0 bridgehead atoms. The zero-order chi connectivity index (χ0) is 10.8. The molecule has 4 nitrogen and oxygen atoms in total. The molecular weight excluding hydrogens is 212 g/mol. The number of hydrogen-bond donors (Lipinski definition) is 2. The highest BCUT2D eigenvalue weighted by atomic mass is 32.2. The van der Waals surface area contributed by atoms with Crippen molar-refractivity contribution in [2.75, 3.05) is 18.2 Å². The van der Waals surface area contributed by atoms with Gasteiger partial charge < -0.3 is 15.7 Å². The van der Waals surface area contributed by atoms with Crippen molar-refractivity contribution in [1.29, 1.82) is 0 Å². The van der Waals surface area contributed by atoms with E-state index in [1.807, 2.05) is 0 Å². The highest BCUT2D eigenvalue weighted by Crippen LogP contribution is 2.29. The van der Waals surface area contributed by atoms with Crippen LogP contribution >= 0.6 is 11.8 Å². The highest BCUT2D eigenvalue weighted by Gasteiger charge is 2.36. The van der Waals surface area contributed by atoms with Crippen molar-refractivity contribution in [3.05, 3.63) is 0 Å². The molecule has 1 saturated heterocycles. The second kappa shape index (κ2) is 4.72. The number of aliphatic hydroxyl groups is 1. The van der Waals surface area contributed by atoms with Gasteiger partial charge in [-0.05, 0) is 12.8 Å². The molecule has 0 aromatic rings. The van der Waals surface area contributed by atoms with Crippen LogP contribution in [-0.2, 0) is 4.79 Å². The third-order valence-electron chi connectivity index (χ3n) is 3.34. The van der Waals surface area contributed by atoms with E-state index in [2.05, 4.69) is 0 Å². The van der Waals surface area contributed by atoms with Gasteiger partial charge in [-0.1, -0.05) is 6.42 Å². The molecule has 15 heavy (non-hydrogen) atoms. The molecule has 1 aliphatic carbocycles. The molecule has 0 spiro atoms. The molecule has 1 aliphatic heterocycles. The van der Waals surface area contributed by atoms with E-state index in [0.717, 1.165) is 37.4 Å². The maximum absolute atomic E-state index is 12.0. The van der Waals surface area contributed by atoms with E-state index in [9.17, 15) is 9.90 Å². The first-order valence-corrected chi connectivity index (χ1v) is 6.66. The van der Waals surface area contributed by atoms with Crippen LogP contribution in [0.1, 0.15) is 19.3 Å². The number of nitrogens with zero attached hydrogens (tertiary/aromatic N) is 1. The summed E-state index contributed by atoms with van der Waals surface area (Å²) in [7, 11) is 0. The van der Waals surface area contributed by atoms with Crippen LogP contribution in [0.5, 0.6) is 0 Å². The molecule has 2 rings (SSSR count). The van der Waals surface area contributed by atoms with Gasteiger partial charge in [0.1, 0.15) is 0 Å². The van der Waals surface area contributed by atoms with Gasteiger partial charge in [-0.3, -0.25) is 4.79 Å². The summed E-state index contributed by atoms with van der Waals surface area (Å²) in [5, 5.41) is 9.70. The summed E-state index contributed by atoms with van der Waals surface area (Å²) < 4.78 is 0. The average Bonchev–Trinajstić information content (AvgIpc) is 2.85. The predicted octanol–water partition coefficient (Wildman–Crippen LogP) is 0.00760. The summed E-state index contributed by atoms with van der Waals surface area (Å²) in [6, 6.07) is -0.499. The molecule has 0 radical (unpaired) electrons. The minimum Gasteiger partial charge on any atom is -0.393 e. The van der Waals surface area contributed by atoms with Gasteiger partial charge in [-0.15, -0.1) is 11.8 Å². The Hall–Kier alpha value is -0.260. The van der Waals surface area contributed by atoms with Crippen LogP contribution in [-0.4, -0.2) is 46.2 Å². The van der Waals surface area contributed by atoms with Crippen molar-refractivity contribution in [2.24, 2.45) is 11.7 Å². The number of amides is 1. The van der Waals surface area contributed by atoms with Crippen molar-refractivity contribution in [3.63, 3.8) is 0 Å². The van der Waals surface area contributed by atoms with Gasteiger partial charge in [0.15, 0.2) is 0 Å². The fourth-order valence-electron chi connectivity index (χ4n) is 2.37. The Balaban J connectivity index is 1.94. The van der Waals surface area contributed by atoms with Crippen molar-refractivity contribution in [3.8, 4) is 0 Å². The van der Waals surface area contributed by atoms with E-state index in [-0.39, 0.29) is 17.9 Å². The minimum atomic E-state index is -0.499. The van der Waals surface area contributed by atoms with Crippen molar-refractivity contribution >= 4 is 17.7 Å². The summed E-state index contributed by atoms with van der Waals surface area (Å²) in [6.07, 6.45) is 2.29. The maximum atomic E-state index is 12.0. The van der Waals surface area contributed by atoms with Gasteiger partial charge in [-0.2, -0.15) is 0 Å². The number of carbonyl (C=O) groups is 1. The molecule has 2 aliphatic rings. The number of nitrogens with two attached hydrogens (primary N) is 1. The number of thioether (sulfide) groups is 1. The Morgan fingerprint density at radius 3 is 2.87 bits per heavy atom. The zero-order valence-corrected chi connectivity index (χ0v) is 9.58. The smallest absolute Gasteiger partial charge is 0.240 e. The van der Waals surface area contributed by atoms with E-state index in [4.69, 9.17) is 5.73 Å². The summed E-state index contributed by atoms with van der Waals surface area (Å²) in [4.78, 5) is 13.8. The lowest BCUT2D eigenvalue weighted by atomic mass is 9.96. The van der Waals surface area contributed by atoms with Gasteiger partial charge in [0.2, 0.25) is 5.91 Å². The number of hydrogen-bond acceptors (Lipinski definition) is 4. The summed E-state index contributed by atoms with van der Waals surface area (Å²) in [5.41, 5.74) is 5.93. The van der Waals surface area contributed by atoms with Crippen LogP contribution in [0.15, 0.2) is 0 Å². The summed E-state index contributed by atoms with van der Waals surface area (Å²) >= 11 is 1.76. The molecule has 1 amide bonds. The predicted molar refractivity (Wildman–Crippen MR) is 60.4 cm³/mol. The first-order chi connectivity index (χ1) is 7.20. The van der Waals surface area contributed by atoms with Crippen LogP contribution in [0.3, 0.4) is 0 Å². The van der Waals surface area contributed by atoms with Gasteiger partial charge >= 0.3 is 0 Å². The SMILES string of the molecule is N[C@H](C(=O)N1CCSC1)[C@@H]1CCC[C@H]1O. The van der Waals surface area contributed by atoms with Gasteiger partial charge in [-0.25, -0.2) is 0 Å². The molecule has 1 heterocycles. The largest absolute Gasteiger partial charge is 0.393 e. The summed E-state index contributed by atoms with van der Waals surface area (Å²) in [6.45, 7) is 0.806. The van der Waals surface area contributed by atoms with Crippen molar-refractivity contribution < 1.29 is 9.90 Å². The second-order valence-corrected chi connectivity index (χ2v) is 5.40. The Morgan fingerprint density at radius 2 is 2.33 bits per heavy atom. The number of aliphatic hydroxyl groups excluding tert-OH is 1. The minimum absolute atomic E-state index is 0.0194. The molecule has 1 saturated carbocycles. The first kappa shape index (κ1) is 11.2. The van der Waals surface area contributed by atoms with Crippen LogP contribution in [0.4, 0.5) is 0 Å². The Labute approximate surface area is 94.2 Å². The van der Waals surface area contributed by atoms with E-state index in [1.54, 1.807) is 16.7 Å². The fourth-order valence-corrected chi connectivity index (χ4v) is 3.33. The second-order valence-electron chi connectivity index (χ2n) is 4.33. The average molecular weight is 230 g/mol. The third kappa shape index (κ3) is 2.29. The Bertz CT molecular complexity index is 244. The molecular formula is C10H18N2O2S. The lowest BCUT2D eigenvalue weighted by Crippen LogP contribution is -2.48. The van der Waals surface area contributed by atoms with Crippen LogP contribution in [0.2, 0.25) is 0 Å². The van der Waals surface area contributed by atoms with Gasteiger partial charge in [0.25, 0.3) is 0 Å². The van der Waals surface area contributed by atoms with E-state index >= 15 is 0 Å². The lowest BCUT2D eigenvalue weighted by Gasteiger charge is -2.25. The van der Waals surface area contributed by atoms with Gasteiger partial charge in [0, 0.05) is 18.2 Å². The lowest BCUT2D eigenvalue weighted by molar-refractivity contribution is -0.133. The van der Waals surface area contributed by atoms with E-state index < -0.39 is 6.04 Å². The Kier molecular flexibility index (Phi) is 3.53. The molecule has 86 valence electrons. The molecule has 2 fully saturated rings. The molecule has 0 unspecified atom stereocenters. The van der Waals surface area contributed by atoms with Crippen LogP contribution in [0, 0.1) is 5.92 Å².